The van der Waals surface area contributed by atoms with Gasteiger partial charge >= 0.3 is 0 Å². The molecular formula is C18H18N4O3S. The Bertz CT molecular complexity index is 918. The fraction of sp³-hybridized carbons (Fsp3) is 0.222. The molecule has 1 aromatic carbocycles. The summed E-state index contributed by atoms with van der Waals surface area (Å²) >= 11 is 1.37. The van der Waals surface area contributed by atoms with Gasteiger partial charge in [0.2, 0.25) is 11.8 Å². The molecule has 2 amide bonds. The number of hydrogen-bond donors (Lipinski definition) is 3. The molecule has 134 valence electrons. The van der Waals surface area contributed by atoms with Crippen LogP contribution in [0.25, 0.3) is 10.9 Å². The van der Waals surface area contributed by atoms with Crippen molar-refractivity contribution in [3.05, 3.63) is 46.8 Å². The number of carbonyl (C=O) groups excluding carboxylic acids is 3. The van der Waals surface area contributed by atoms with Gasteiger partial charge in [0, 0.05) is 31.2 Å². The molecule has 0 aliphatic heterocycles. The Morgan fingerprint density at radius 3 is 2.73 bits per heavy atom. The third-order valence-corrected chi connectivity index (χ3v) is 4.71. The van der Waals surface area contributed by atoms with E-state index < -0.39 is 0 Å². The summed E-state index contributed by atoms with van der Waals surface area (Å²) in [5.41, 5.74) is 1.41. The Kier molecular flexibility index (Phi) is 5.75. The lowest BCUT2D eigenvalue weighted by Gasteiger charge is -2.07. The average molecular weight is 370 g/mol. The van der Waals surface area contributed by atoms with Crippen molar-refractivity contribution >= 4 is 45.5 Å². The average Bonchev–Trinajstić information content (AvgIpc) is 3.31. The molecule has 0 aliphatic rings. The van der Waals surface area contributed by atoms with Gasteiger partial charge in [-0.1, -0.05) is 18.2 Å². The molecule has 8 heteroatoms. The standard InChI is InChI=1S/C18H18N4O3S/c23-14(15-5-2-10-26-15)6-7-16(24)19-9-8-17(25)21-13-4-1-3-12-11-20-22-18(12)13/h1-5,10-11H,6-9H2,(H,19,24)(H,20,22)(H,21,25). The number of anilines is 1. The number of thiophene rings is 1. The number of hydrogen-bond acceptors (Lipinski definition) is 5. The topological polar surface area (TPSA) is 104 Å². The molecule has 2 aromatic heterocycles. The highest BCUT2D eigenvalue weighted by Crippen LogP contribution is 2.20. The van der Waals surface area contributed by atoms with Gasteiger partial charge in [-0.15, -0.1) is 11.3 Å². The minimum Gasteiger partial charge on any atom is -0.356 e. The second kappa shape index (κ2) is 8.39. The maximum atomic E-state index is 12.0. The molecule has 0 spiro atoms. The highest BCUT2D eigenvalue weighted by molar-refractivity contribution is 7.12. The quantitative estimate of drug-likeness (QED) is 0.530. The lowest BCUT2D eigenvalue weighted by molar-refractivity contribution is -0.121. The molecule has 0 aliphatic carbocycles. The number of aromatic nitrogens is 2. The number of aromatic amines is 1. The van der Waals surface area contributed by atoms with Gasteiger partial charge in [-0.25, -0.2) is 0 Å². The summed E-state index contributed by atoms with van der Waals surface area (Å²) in [6, 6.07) is 9.06. The number of fused-ring (bicyclic) bond motifs is 1. The molecule has 3 N–H and O–H groups in total. The van der Waals surface area contributed by atoms with Crippen LogP contribution in [0.3, 0.4) is 0 Å². The zero-order chi connectivity index (χ0) is 18.4. The Labute approximate surface area is 153 Å². The van der Waals surface area contributed by atoms with Crippen LogP contribution in [0.15, 0.2) is 41.9 Å². The smallest absolute Gasteiger partial charge is 0.226 e. The van der Waals surface area contributed by atoms with Crippen LogP contribution < -0.4 is 10.6 Å². The number of H-pyrrole nitrogens is 1. The summed E-state index contributed by atoms with van der Waals surface area (Å²) in [6.07, 6.45) is 2.12. The van der Waals surface area contributed by atoms with Crippen LogP contribution >= 0.6 is 11.3 Å². The number of rotatable bonds is 8. The Morgan fingerprint density at radius 2 is 1.92 bits per heavy atom. The van der Waals surface area contributed by atoms with Crippen molar-refractivity contribution in [2.24, 2.45) is 0 Å². The van der Waals surface area contributed by atoms with Gasteiger partial charge < -0.3 is 10.6 Å². The van der Waals surface area contributed by atoms with E-state index in [-0.39, 0.29) is 43.4 Å². The molecule has 2 heterocycles. The number of Topliss-reactive ketones (excluding diaryl/α,β-unsaturated/α-hetero) is 1. The van der Waals surface area contributed by atoms with Crippen molar-refractivity contribution in [2.75, 3.05) is 11.9 Å². The molecule has 0 unspecified atom stereocenters. The van der Waals surface area contributed by atoms with Crippen LogP contribution in [-0.4, -0.2) is 34.3 Å². The van der Waals surface area contributed by atoms with Crippen molar-refractivity contribution in [3.63, 3.8) is 0 Å². The first-order valence-corrected chi connectivity index (χ1v) is 9.07. The minimum atomic E-state index is -0.238. The maximum Gasteiger partial charge on any atom is 0.226 e. The highest BCUT2D eigenvalue weighted by Gasteiger charge is 2.11. The molecule has 0 bridgehead atoms. The summed E-state index contributed by atoms with van der Waals surface area (Å²) in [5, 5.41) is 15.0. The van der Waals surface area contributed by atoms with Crippen LogP contribution in [0.5, 0.6) is 0 Å². The zero-order valence-corrected chi connectivity index (χ0v) is 14.8. The minimum absolute atomic E-state index is 0.0412. The van der Waals surface area contributed by atoms with Crippen LogP contribution in [0, 0.1) is 0 Å². The van der Waals surface area contributed by atoms with Gasteiger partial charge in [-0.2, -0.15) is 5.10 Å². The number of para-hydroxylation sites is 1. The molecule has 3 rings (SSSR count). The number of nitrogens with one attached hydrogen (secondary N) is 3. The lowest BCUT2D eigenvalue weighted by atomic mass is 10.2. The number of benzene rings is 1. The van der Waals surface area contributed by atoms with Crippen molar-refractivity contribution in [1.29, 1.82) is 0 Å². The van der Waals surface area contributed by atoms with Crippen LogP contribution in [-0.2, 0) is 9.59 Å². The van der Waals surface area contributed by atoms with Crippen LogP contribution in [0.2, 0.25) is 0 Å². The summed E-state index contributed by atoms with van der Waals surface area (Å²) in [4.78, 5) is 36.3. The van der Waals surface area contributed by atoms with E-state index in [1.54, 1.807) is 24.4 Å². The van der Waals surface area contributed by atoms with Gasteiger partial charge in [-0.05, 0) is 17.5 Å². The van der Waals surface area contributed by atoms with E-state index in [1.807, 2.05) is 17.5 Å². The molecule has 0 fully saturated rings. The third-order valence-electron chi connectivity index (χ3n) is 3.80. The Balaban J connectivity index is 1.39. The molecular weight excluding hydrogens is 352 g/mol. The van der Waals surface area contributed by atoms with E-state index in [1.165, 1.54) is 11.3 Å². The monoisotopic (exact) mass is 370 g/mol. The molecule has 0 atom stereocenters. The number of ketones is 1. The lowest BCUT2D eigenvalue weighted by Crippen LogP contribution is -2.27. The van der Waals surface area contributed by atoms with Gasteiger partial charge in [-0.3, -0.25) is 19.5 Å². The van der Waals surface area contributed by atoms with Gasteiger partial charge in [0.15, 0.2) is 5.78 Å². The molecule has 26 heavy (non-hydrogen) atoms. The summed E-state index contributed by atoms with van der Waals surface area (Å²) in [5.74, 6) is -0.485. The number of carbonyl (C=O) groups is 3. The second-order valence-electron chi connectivity index (χ2n) is 5.69. The predicted molar refractivity (Wildman–Crippen MR) is 100 cm³/mol. The number of amides is 2. The Morgan fingerprint density at radius 1 is 1.04 bits per heavy atom. The van der Waals surface area contributed by atoms with Crippen molar-refractivity contribution < 1.29 is 14.4 Å². The molecule has 7 nitrogen and oxygen atoms in total. The van der Waals surface area contributed by atoms with Crippen molar-refractivity contribution in [2.45, 2.75) is 19.3 Å². The van der Waals surface area contributed by atoms with E-state index in [0.29, 0.717) is 10.6 Å². The highest BCUT2D eigenvalue weighted by atomic mass is 32.1. The fourth-order valence-electron chi connectivity index (χ4n) is 2.48. The number of nitrogens with zero attached hydrogens (tertiary/aromatic N) is 1. The molecule has 0 saturated carbocycles. The van der Waals surface area contributed by atoms with Crippen LogP contribution in [0.1, 0.15) is 28.9 Å². The first-order valence-electron chi connectivity index (χ1n) is 8.19. The first kappa shape index (κ1) is 17.8. The predicted octanol–water partition coefficient (Wildman–Crippen LogP) is 2.73. The van der Waals surface area contributed by atoms with E-state index >= 15 is 0 Å². The van der Waals surface area contributed by atoms with E-state index in [0.717, 1.165) is 10.9 Å². The first-order chi connectivity index (χ1) is 12.6. The third kappa shape index (κ3) is 4.54. The van der Waals surface area contributed by atoms with Crippen LogP contribution in [0.4, 0.5) is 5.69 Å². The second-order valence-corrected chi connectivity index (χ2v) is 6.64. The molecule has 0 saturated heterocycles. The Hall–Kier alpha value is -3.00. The van der Waals surface area contributed by atoms with E-state index in [9.17, 15) is 14.4 Å². The fourth-order valence-corrected chi connectivity index (χ4v) is 3.17. The SMILES string of the molecule is O=C(CCC(=O)c1cccs1)NCCC(=O)Nc1cccc2cn[nH]c12. The molecule has 0 radical (unpaired) electrons. The molecule has 3 aromatic rings. The van der Waals surface area contributed by atoms with Gasteiger partial charge in [0.1, 0.15) is 0 Å². The summed E-state index contributed by atoms with van der Waals surface area (Å²) in [6.45, 7) is 0.219. The van der Waals surface area contributed by atoms with E-state index in [4.69, 9.17) is 0 Å². The van der Waals surface area contributed by atoms with Gasteiger partial charge in [0.05, 0.1) is 22.3 Å². The zero-order valence-electron chi connectivity index (χ0n) is 14.0. The summed E-state index contributed by atoms with van der Waals surface area (Å²) < 4.78 is 0. The summed E-state index contributed by atoms with van der Waals surface area (Å²) in [7, 11) is 0. The van der Waals surface area contributed by atoms with E-state index in [2.05, 4.69) is 20.8 Å². The normalized spacial score (nSPS) is 10.6. The largest absolute Gasteiger partial charge is 0.356 e. The van der Waals surface area contributed by atoms with Crippen molar-refractivity contribution in [3.8, 4) is 0 Å². The van der Waals surface area contributed by atoms with Gasteiger partial charge in [0.25, 0.3) is 0 Å². The van der Waals surface area contributed by atoms with Crippen molar-refractivity contribution in [1.82, 2.24) is 15.5 Å². The maximum absolute atomic E-state index is 12.0.